The number of methoxy groups -OCH3 is 1. The maximum Gasteiger partial charge on any atom is 0.336 e. The molecule has 2 aromatic rings. The standard InChI is InChI=1S/C28H32ClN3O4/c1-19-24(27(33)35-3)26(21-8-7-9-22(29)18-21)25(20(2)30-19)28(34)36-17-16-31-12-14-32(15-13-31)23-10-5-4-6-11-23/h4-11,18,26,30H,12-17H2,1-3H3. The Morgan fingerprint density at radius 3 is 2.25 bits per heavy atom. The molecule has 1 atom stereocenters. The summed E-state index contributed by atoms with van der Waals surface area (Å²) >= 11 is 6.26. The first-order valence-corrected chi connectivity index (χ1v) is 12.5. The third-order valence-electron chi connectivity index (χ3n) is 6.70. The Kier molecular flexibility index (Phi) is 8.33. The minimum Gasteiger partial charge on any atom is -0.466 e. The van der Waals surface area contributed by atoms with Crippen LogP contribution in [0.4, 0.5) is 5.69 Å². The first-order chi connectivity index (χ1) is 17.4. The minimum absolute atomic E-state index is 0.263. The van der Waals surface area contributed by atoms with E-state index >= 15 is 0 Å². The van der Waals surface area contributed by atoms with Gasteiger partial charge < -0.3 is 19.7 Å². The van der Waals surface area contributed by atoms with E-state index in [9.17, 15) is 9.59 Å². The number of carbonyl (C=O) groups is 2. The monoisotopic (exact) mass is 509 g/mol. The van der Waals surface area contributed by atoms with E-state index in [-0.39, 0.29) is 6.61 Å². The predicted octanol–water partition coefficient (Wildman–Crippen LogP) is 4.11. The Morgan fingerprint density at radius 2 is 1.61 bits per heavy atom. The molecule has 1 N–H and O–H groups in total. The molecule has 4 rings (SSSR count). The lowest BCUT2D eigenvalue weighted by molar-refractivity contribution is -0.140. The molecule has 0 saturated carbocycles. The number of benzene rings is 2. The summed E-state index contributed by atoms with van der Waals surface area (Å²) in [6.45, 7) is 8.17. The van der Waals surface area contributed by atoms with E-state index in [1.54, 1.807) is 25.1 Å². The van der Waals surface area contributed by atoms with E-state index in [2.05, 4.69) is 39.4 Å². The van der Waals surface area contributed by atoms with Gasteiger partial charge in [-0.05, 0) is 43.7 Å². The molecule has 36 heavy (non-hydrogen) atoms. The summed E-state index contributed by atoms with van der Waals surface area (Å²) in [6.07, 6.45) is 0. The van der Waals surface area contributed by atoms with Gasteiger partial charge in [-0.25, -0.2) is 9.59 Å². The second kappa shape index (κ2) is 11.6. The Balaban J connectivity index is 1.43. The maximum atomic E-state index is 13.4. The van der Waals surface area contributed by atoms with Crippen molar-refractivity contribution in [2.24, 2.45) is 0 Å². The summed E-state index contributed by atoms with van der Waals surface area (Å²) in [5.74, 6) is -1.60. The lowest BCUT2D eigenvalue weighted by Gasteiger charge is -2.36. The van der Waals surface area contributed by atoms with E-state index in [1.165, 1.54) is 12.8 Å². The fourth-order valence-electron chi connectivity index (χ4n) is 4.88. The molecule has 0 aromatic heterocycles. The Morgan fingerprint density at radius 1 is 0.944 bits per heavy atom. The molecular formula is C28H32ClN3O4. The van der Waals surface area contributed by atoms with Crippen molar-refractivity contribution in [1.82, 2.24) is 10.2 Å². The largest absolute Gasteiger partial charge is 0.466 e. The van der Waals surface area contributed by atoms with Crippen LogP contribution < -0.4 is 10.2 Å². The van der Waals surface area contributed by atoms with Gasteiger partial charge in [0.25, 0.3) is 0 Å². The van der Waals surface area contributed by atoms with Crippen LogP contribution in [0.25, 0.3) is 0 Å². The number of allylic oxidation sites excluding steroid dienone is 2. The third-order valence-corrected chi connectivity index (χ3v) is 6.94. The van der Waals surface area contributed by atoms with Crippen molar-refractivity contribution in [3.8, 4) is 0 Å². The van der Waals surface area contributed by atoms with Gasteiger partial charge in [-0.3, -0.25) is 4.90 Å². The molecule has 2 aromatic carbocycles. The number of anilines is 1. The highest BCUT2D eigenvalue weighted by Crippen LogP contribution is 2.39. The Bertz CT molecular complexity index is 1170. The minimum atomic E-state index is -0.640. The normalized spacial score (nSPS) is 18.7. The van der Waals surface area contributed by atoms with Crippen LogP contribution in [0.5, 0.6) is 0 Å². The van der Waals surface area contributed by atoms with E-state index < -0.39 is 17.9 Å². The summed E-state index contributed by atoms with van der Waals surface area (Å²) in [4.78, 5) is 30.8. The van der Waals surface area contributed by atoms with Crippen molar-refractivity contribution in [3.05, 3.63) is 87.7 Å². The lowest BCUT2D eigenvalue weighted by Crippen LogP contribution is -2.47. The summed E-state index contributed by atoms with van der Waals surface area (Å²) in [5.41, 5.74) is 4.00. The van der Waals surface area contributed by atoms with Gasteiger partial charge in [0.2, 0.25) is 0 Å². The average molecular weight is 510 g/mol. The van der Waals surface area contributed by atoms with Gasteiger partial charge in [0.15, 0.2) is 0 Å². The molecule has 0 amide bonds. The highest BCUT2D eigenvalue weighted by Gasteiger charge is 2.38. The van der Waals surface area contributed by atoms with Crippen molar-refractivity contribution in [2.45, 2.75) is 19.8 Å². The molecule has 0 bridgehead atoms. The van der Waals surface area contributed by atoms with Gasteiger partial charge in [-0.1, -0.05) is 41.9 Å². The number of halogens is 1. The topological polar surface area (TPSA) is 71.1 Å². The quantitative estimate of drug-likeness (QED) is 0.563. The van der Waals surface area contributed by atoms with Gasteiger partial charge in [0, 0.05) is 54.8 Å². The molecule has 2 aliphatic rings. The number of rotatable bonds is 7. The smallest absolute Gasteiger partial charge is 0.336 e. The first kappa shape index (κ1) is 25.8. The summed E-state index contributed by atoms with van der Waals surface area (Å²) in [6, 6.07) is 17.6. The van der Waals surface area contributed by atoms with Crippen molar-refractivity contribution in [2.75, 3.05) is 51.3 Å². The van der Waals surface area contributed by atoms with Crippen molar-refractivity contribution < 1.29 is 19.1 Å². The molecule has 7 nitrogen and oxygen atoms in total. The number of hydrogen-bond acceptors (Lipinski definition) is 7. The maximum absolute atomic E-state index is 13.4. The first-order valence-electron chi connectivity index (χ1n) is 12.1. The van der Waals surface area contributed by atoms with Crippen LogP contribution >= 0.6 is 11.6 Å². The second-order valence-electron chi connectivity index (χ2n) is 8.98. The van der Waals surface area contributed by atoms with Crippen LogP contribution in [0, 0.1) is 0 Å². The van der Waals surface area contributed by atoms with Crippen LogP contribution in [0.15, 0.2) is 77.1 Å². The van der Waals surface area contributed by atoms with Gasteiger partial charge in [-0.2, -0.15) is 0 Å². The van der Waals surface area contributed by atoms with Gasteiger partial charge in [0.1, 0.15) is 6.61 Å². The van der Waals surface area contributed by atoms with Gasteiger partial charge in [0.05, 0.1) is 24.2 Å². The molecule has 2 heterocycles. The summed E-state index contributed by atoms with van der Waals surface area (Å²) < 4.78 is 10.8. The predicted molar refractivity (Wildman–Crippen MR) is 141 cm³/mol. The number of para-hydroxylation sites is 1. The number of piperazine rings is 1. The zero-order chi connectivity index (χ0) is 25.7. The van der Waals surface area contributed by atoms with E-state index in [0.717, 1.165) is 31.7 Å². The number of dihydropyridines is 1. The third kappa shape index (κ3) is 5.74. The summed E-state index contributed by atoms with van der Waals surface area (Å²) in [7, 11) is 1.33. The van der Waals surface area contributed by atoms with Crippen molar-refractivity contribution in [1.29, 1.82) is 0 Å². The highest BCUT2D eigenvalue weighted by atomic mass is 35.5. The Labute approximate surface area is 217 Å². The molecule has 1 fully saturated rings. The van der Waals surface area contributed by atoms with Crippen LogP contribution in [0.1, 0.15) is 25.3 Å². The molecule has 190 valence electrons. The molecule has 8 heteroatoms. The molecule has 0 spiro atoms. The van der Waals surface area contributed by atoms with Gasteiger partial charge >= 0.3 is 11.9 Å². The second-order valence-corrected chi connectivity index (χ2v) is 9.42. The lowest BCUT2D eigenvalue weighted by atomic mass is 9.80. The molecule has 1 saturated heterocycles. The number of nitrogens with one attached hydrogen (secondary N) is 1. The van der Waals surface area contributed by atoms with Crippen molar-refractivity contribution >= 4 is 29.2 Å². The summed E-state index contributed by atoms with van der Waals surface area (Å²) in [5, 5.41) is 3.68. The van der Waals surface area contributed by atoms with Crippen LogP contribution in [-0.4, -0.2) is 63.3 Å². The molecule has 0 aliphatic carbocycles. The van der Waals surface area contributed by atoms with E-state index in [4.69, 9.17) is 21.1 Å². The average Bonchev–Trinajstić information content (AvgIpc) is 2.88. The fraction of sp³-hybridized carbons (Fsp3) is 0.357. The fourth-order valence-corrected chi connectivity index (χ4v) is 5.08. The van der Waals surface area contributed by atoms with Gasteiger partial charge in [-0.15, -0.1) is 0 Å². The number of carbonyl (C=O) groups excluding carboxylic acids is 2. The SMILES string of the molecule is COC(=O)C1=C(C)NC(C)=C(C(=O)OCCN2CCN(c3ccccc3)CC2)C1c1cccc(Cl)c1. The van der Waals surface area contributed by atoms with Crippen LogP contribution in [-0.2, 0) is 19.1 Å². The molecule has 0 radical (unpaired) electrons. The Hall–Kier alpha value is -3.29. The molecular weight excluding hydrogens is 478 g/mol. The van der Waals surface area contributed by atoms with Crippen LogP contribution in [0.2, 0.25) is 5.02 Å². The van der Waals surface area contributed by atoms with Crippen LogP contribution in [0.3, 0.4) is 0 Å². The van der Waals surface area contributed by atoms with E-state index in [1.807, 2.05) is 19.1 Å². The number of ether oxygens (including phenoxy) is 2. The van der Waals surface area contributed by atoms with Crippen molar-refractivity contribution in [3.63, 3.8) is 0 Å². The number of nitrogens with zero attached hydrogens (tertiary/aromatic N) is 2. The van der Waals surface area contributed by atoms with E-state index in [0.29, 0.717) is 34.1 Å². The zero-order valence-electron chi connectivity index (χ0n) is 20.9. The molecule has 2 aliphatic heterocycles. The highest BCUT2D eigenvalue weighted by molar-refractivity contribution is 6.30. The molecule has 1 unspecified atom stereocenters. The number of hydrogen-bond donors (Lipinski definition) is 1. The number of esters is 2. The zero-order valence-corrected chi connectivity index (χ0v) is 21.7.